The van der Waals surface area contributed by atoms with Crippen molar-refractivity contribution in [2.24, 2.45) is 0 Å². The van der Waals surface area contributed by atoms with Gasteiger partial charge in [0.1, 0.15) is 0 Å². The first kappa shape index (κ1) is 22.7. The van der Waals surface area contributed by atoms with E-state index in [2.05, 4.69) is 0 Å². The molecule has 1 saturated heterocycles. The third kappa shape index (κ3) is 6.49. The molecule has 9 heteroatoms. The number of methoxy groups -OCH3 is 2. The van der Waals surface area contributed by atoms with Gasteiger partial charge in [-0.1, -0.05) is 13.0 Å². The maximum atomic E-state index is 12.5. The molecule has 29 heavy (non-hydrogen) atoms. The SMILES string of the molecule is CCCN(C(=O)COC(=O)/C=C/c1ccc(OC)c(OC)c1)[C@@H]1CCS(=O)(=O)C1. The molecule has 0 bridgehead atoms. The summed E-state index contributed by atoms with van der Waals surface area (Å²) in [5, 5.41) is 0. The van der Waals surface area contributed by atoms with Crippen LogP contribution in [-0.4, -0.2) is 70.1 Å². The summed E-state index contributed by atoms with van der Waals surface area (Å²) in [7, 11) is -0.0567. The van der Waals surface area contributed by atoms with Crippen LogP contribution in [0.3, 0.4) is 0 Å². The highest BCUT2D eigenvalue weighted by atomic mass is 32.2. The molecular weight excluding hydrogens is 398 g/mol. The van der Waals surface area contributed by atoms with Crippen LogP contribution in [0.25, 0.3) is 6.08 Å². The minimum Gasteiger partial charge on any atom is -0.493 e. The van der Waals surface area contributed by atoms with Gasteiger partial charge in [0.15, 0.2) is 27.9 Å². The molecule has 1 aliphatic heterocycles. The molecule has 0 saturated carbocycles. The molecular formula is C20H27NO7S. The smallest absolute Gasteiger partial charge is 0.331 e. The summed E-state index contributed by atoms with van der Waals surface area (Å²) >= 11 is 0. The van der Waals surface area contributed by atoms with Gasteiger partial charge in [-0.25, -0.2) is 13.2 Å². The first-order valence-electron chi connectivity index (χ1n) is 9.36. The number of hydrogen-bond donors (Lipinski definition) is 0. The zero-order chi connectivity index (χ0) is 21.4. The van der Waals surface area contributed by atoms with Crippen molar-refractivity contribution >= 4 is 27.8 Å². The van der Waals surface area contributed by atoms with Crippen LogP contribution in [0.2, 0.25) is 0 Å². The van der Waals surface area contributed by atoms with E-state index in [1.165, 1.54) is 25.2 Å². The molecule has 0 aliphatic carbocycles. The first-order chi connectivity index (χ1) is 13.8. The molecule has 0 aromatic heterocycles. The van der Waals surface area contributed by atoms with Crippen LogP contribution >= 0.6 is 0 Å². The normalized spacial score (nSPS) is 17.8. The van der Waals surface area contributed by atoms with E-state index in [4.69, 9.17) is 14.2 Å². The van der Waals surface area contributed by atoms with Crippen LogP contribution in [-0.2, 0) is 24.2 Å². The number of amides is 1. The monoisotopic (exact) mass is 425 g/mol. The number of ether oxygens (including phenoxy) is 3. The number of carbonyl (C=O) groups is 2. The predicted molar refractivity (Wildman–Crippen MR) is 109 cm³/mol. The van der Waals surface area contributed by atoms with E-state index in [-0.39, 0.29) is 23.5 Å². The fraction of sp³-hybridized carbons (Fsp3) is 0.500. The van der Waals surface area contributed by atoms with E-state index in [9.17, 15) is 18.0 Å². The lowest BCUT2D eigenvalue weighted by atomic mass is 10.2. The van der Waals surface area contributed by atoms with Gasteiger partial charge >= 0.3 is 5.97 Å². The predicted octanol–water partition coefficient (Wildman–Crippen LogP) is 1.69. The highest BCUT2D eigenvalue weighted by Gasteiger charge is 2.34. The second-order valence-corrected chi connectivity index (χ2v) is 8.93. The topological polar surface area (TPSA) is 99.2 Å². The molecule has 1 amide bonds. The summed E-state index contributed by atoms with van der Waals surface area (Å²) in [5.74, 6) is 0.0957. The van der Waals surface area contributed by atoms with Crippen molar-refractivity contribution < 1.29 is 32.2 Å². The van der Waals surface area contributed by atoms with Gasteiger partial charge in [-0.3, -0.25) is 4.79 Å². The van der Waals surface area contributed by atoms with E-state index < -0.39 is 22.4 Å². The van der Waals surface area contributed by atoms with E-state index in [0.29, 0.717) is 36.4 Å². The summed E-state index contributed by atoms with van der Waals surface area (Å²) in [6.45, 7) is 1.91. The summed E-state index contributed by atoms with van der Waals surface area (Å²) in [4.78, 5) is 25.9. The van der Waals surface area contributed by atoms with Crippen molar-refractivity contribution in [1.29, 1.82) is 0 Å². The molecule has 1 aromatic rings. The molecule has 2 rings (SSSR count). The Hall–Kier alpha value is -2.55. The van der Waals surface area contributed by atoms with Crippen LogP contribution in [0, 0.1) is 0 Å². The molecule has 1 aromatic carbocycles. The molecule has 0 radical (unpaired) electrons. The van der Waals surface area contributed by atoms with Crippen molar-refractivity contribution in [2.75, 3.05) is 38.9 Å². The van der Waals surface area contributed by atoms with E-state index in [0.717, 1.165) is 0 Å². The summed E-state index contributed by atoms with van der Waals surface area (Å²) < 4.78 is 38.8. The lowest BCUT2D eigenvalue weighted by Gasteiger charge is -2.27. The van der Waals surface area contributed by atoms with Crippen molar-refractivity contribution in [2.45, 2.75) is 25.8 Å². The van der Waals surface area contributed by atoms with Gasteiger partial charge in [-0.15, -0.1) is 0 Å². The number of hydrogen-bond acceptors (Lipinski definition) is 7. The number of carbonyl (C=O) groups excluding carboxylic acids is 2. The molecule has 0 spiro atoms. The number of esters is 1. The number of sulfone groups is 1. The Morgan fingerprint density at radius 1 is 1.21 bits per heavy atom. The molecule has 1 atom stereocenters. The fourth-order valence-corrected chi connectivity index (χ4v) is 4.89. The van der Waals surface area contributed by atoms with Crippen molar-refractivity contribution in [3.8, 4) is 11.5 Å². The van der Waals surface area contributed by atoms with Crippen LogP contribution < -0.4 is 9.47 Å². The second kappa shape index (κ2) is 10.3. The van der Waals surface area contributed by atoms with Gasteiger partial charge in [0, 0.05) is 18.7 Å². The minimum atomic E-state index is -3.11. The number of benzene rings is 1. The van der Waals surface area contributed by atoms with Crippen molar-refractivity contribution in [3.05, 3.63) is 29.8 Å². The summed E-state index contributed by atoms with van der Waals surface area (Å²) in [6, 6.07) is 4.82. The molecule has 1 heterocycles. The van der Waals surface area contributed by atoms with Crippen molar-refractivity contribution in [3.63, 3.8) is 0 Å². The molecule has 1 fully saturated rings. The van der Waals surface area contributed by atoms with Crippen LogP contribution in [0.1, 0.15) is 25.3 Å². The molecule has 0 unspecified atom stereocenters. The third-order valence-electron chi connectivity index (χ3n) is 4.59. The zero-order valence-electron chi connectivity index (χ0n) is 16.9. The second-order valence-electron chi connectivity index (χ2n) is 6.70. The Labute approximate surface area is 171 Å². The molecule has 0 N–H and O–H groups in total. The Morgan fingerprint density at radius 2 is 1.93 bits per heavy atom. The van der Waals surface area contributed by atoms with E-state index in [1.807, 2.05) is 6.92 Å². The minimum absolute atomic E-state index is 0.0358. The van der Waals surface area contributed by atoms with Gasteiger partial charge in [-0.05, 0) is 36.6 Å². The van der Waals surface area contributed by atoms with Crippen LogP contribution in [0.5, 0.6) is 11.5 Å². The highest BCUT2D eigenvalue weighted by Crippen LogP contribution is 2.28. The molecule has 160 valence electrons. The van der Waals surface area contributed by atoms with E-state index >= 15 is 0 Å². The highest BCUT2D eigenvalue weighted by molar-refractivity contribution is 7.91. The average Bonchev–Trinajstić information content (AvgIpc) is 3.07. The molecule has 1 aliphatic rings. The van der Waals surface area contributed by atoms with Gasteiger partial charge in [0.2, 0.25) is 0 Å². The van der Waals surface area contributed by atoms with Gasteiger partial charge in [-0.2, -0.15) is 0 Å². The maximum absolute atomic E-state index is 12.5. The summed E-state index contributed by atoms with van der Waals surface area (Å²) in [6.07, 6.45) is 3.87. The van der Waals surface area contributed by atoms with Gasteiger partial charge in [0.25, 0.3) is 5.91 Å². The van der Waals surface area contributed by atoms with Gasteiger partial charge < -0.3 is 19.1 Å². The number of nitrogens with zero attached hydrogens (tertiary/aromatic N) is 1. The zero-order valence-corrected chi connectivity index (χ0v) is 17.7. The Kier molecular flexibility index (Phi) is 8.07. The lowest BCUT2D eigenvalue weighted by molar-refractivity contribution is -0.149. The molecule has 8 nitrogen and oxygen atoms in total. The summed E-state index contributed by atoms with van der Waals surface area (Å²) in [5.41, 5.74) is 0.703. The van der Waals surface area contributed by atoms with Crippen molar-refractivity contribution in [1.82, 2.24) is 4.90 Å². The largest absolute Gasteiger partial charge is 0.493 e. The van der Waals surface area contributed by atoms with E-state index in [1.54, 1.807) is 24.3 Å². The lowest BCUT2D eigenvalue weighted by Crippen LogP contribution is -2.43. The third-order valence-corrected chi connectivity index (χ3v) is 6.34. The standard InChI is InChI=1S/C20H27NO7S/c1-4-10-21(16-9-11-29(24,25)14-16)19(22)13-28-20(23)8-6-15-5-7-17(26-2)18(12-15)27-3/h5-8,12,16H,4,9-11,13-14H2,1-3H3/b8-6+/t16-/m1/s1. The number of rotatable bonds is 9. The van der Waals surface area contributed by atoms with Crippen LogP contribution in [0.15, 0.2) is 24.3 Å². The maximum Gasteiger partial charge on any atom is 0.331 e. The Morgan fingerprint density at radius 3 is 2.52 bits per heavy atom. The Balaban J connectivity index is 1.93. The van der Waals surface area contributed by atoms with Crippen LogP contribution in [0.4, 0.5) is 0 Å². The quantitative estimate of drug-likeness (QED) is 0.438. The Bertz CT molecular complexity index is 864. The van der Waals surface area contributed by atoms with Gasteiger partial charge in [0.05, 0.1) is 25.7 Å². The fourth-order valence-electron chi connectivity index (χ4n) is 3.16. The first-order valence-corrected chi connectivity index (χ1v) is 11.2. The average molecular weight is 426 g/mol.